The molecule has 0 N–H and O–H groups in total. The lowest BCUT2D eigenvalue weighted by atomic mass is 9.89. The van der Waals surface area contributed by atoms with E-state index in [2.05, 4.69) is 0 Å². The molecule has 4 aliphatic rings. The van der Waals surface area contributed by atoms with Gasteiger partial charge in [-0.05, 0) is 63.7 Å². The predicted molar refractivity (Wildman–Crippen MR) is 92.4 cm³/mol. The number of carbonyl (C=O) groups excluding carboxylic acids is 2. The maximum absolute atomic E-state index is 12.0. The van der Waals surface area contributed by atoms with Crippen molar-refractivity contribution in [1.82, 2.24) is 0 Å². The number of ether oxygens (including phenoxy) is 4. The largest absolute Gasteiger partial charge is 0.465 e. The van der Waals surface area contributed by atoms with Crippen LogP contribution in [0.3, 0.4) is 0 Å². The molecule has 4 fully saturated rings. The van der Waals surface area contributed by atoms with E-state index in [1.54, 1.807) is 0 Å². The van der Waals surface area contributed by atoms with E-state index in [1.807, 2.05) is 0 Å². The first kappa shape index (κ1) is 18.2. The Labute approximate surface area is 154 Å². The summed E-state index contributed by atoms with van der Waals surface area (Å²) in [6.07, 6.45) is 10.5. The lowest BCUT2D eigenvalue weighted by molar-refractivity contribution is -0.150. The average molecular weight is 366 g/mol. The van der Waals surface area contributed by atoms with E-state index in [1.165, 1.54) is 0 Å². The van der Waals surface area contributed by atoms with E-state index < -0.39 is 0 Å². The molecule has 2 heterocycles. The normalized spacial score (nSPS) is 37.2. The average Bonchev–Trinajstić information content (AvgIpc) is 3.55. The Bertz CT molecular complexity index is 520. The fraction of sp³-hybridized carbons (Fsp3) is 0.900. The lowest BCUT2D eigenvalue weighted by Crippen LogP contribution is -2.24. The summed E-state index contributed by atoms with van der Waals surface area (Å²) in [4.78, 5) is 23.8. The van der Waals surface area contributed by atoms with Crippen molar-refractivity contribution in [3.8, 4) is 0 Å². The zero-order valence-electron chi connectivity index (χ0n) is 15.4. The minimum Gasteiger partial charge on any atom is -0.465 e. The van der Waals surface area contributed by atoms with Crippen LogP contribution in [0.4, 0.5) is 0 Å². The predicted octanol–water partition coefficient (Wildman–Crippen LogP) is 2.77. The summed E-state index contributed by atoms with van der Waals surface area (Å²) in [7, 11) is 0. The summed E-state index contributed by atoms with van der Waals surface area (Å²) in [5, 5.41) is 0. The van der Waals surface area contributed by atoms with Gasteiger partial charge in [-0.25, -0.2) is 0 Å². The van der Waals surface area contributed by atoms with Gasteiger partial charge in [0.15, 0.2) is 0 Å². The Morgan fingerprint density at radius 3 is 2.35 bits per heavy atom. The van der Waals surface area contributed by atoms with Gasteiger partial charge in [-0.15, -0.1) is 0 Å². The molecule has 0 spiro atoms. The fourth-order valence-corrected chi connectivity index (χ4v) is 4.38. The van der Waals surface area contributed by atoms with Gasteiger partial charge in [0.1, 0.15) is 0 Å². The Balaban J connectivity index is 0.983. The Hall–Kier alpha value is -1.14. The summed E-state index contributed by atoms with van der Waals surface area (Å²) in [6, 6.07) is 0. The maximum Gasteiger partial charge on any atom is 0.309 e. The molecule has 0 amide bonds. The SMILES string of the molecule is O=C(CCCCCOC(=O)C1CCC2OC2C1)OCC1CCC2OC2C1. The molecule has 2 aliphatic carbocycles. The van der Waals surface area contributed by atoms with Crippen LogP contribution in [0.2, 0.25) is 0 Å². The van der Waals surface area contributed by atoms with Gasteiger partial charge >= 0.3 is 11.9 Å². The second kappa shape index (κ2) is 8.26. The minimum atomic E-state index is -0.109. The van der Waals surface area contributed by atoms with Crippen molar-refractivity contribution in [1.29, 1.82) is 0 Å². The molecule has 146 valence electrons. The van der Waals surface area contributed by atoms with E-state index in [9.17, 15) is 9.59 Å². The van der Waals surface area contributed by atoms with Crippen molar-refractivity contribution < 1.29 is 28.5 Å². The first-order valence-corrected chi connectivity index (χ1v) is 10.3. The molecule has 6 heteroatoms. The van der Waals surface area contributed by atoms with Gasteiger partial charge in [0.25, 0.3) is 0 Å². The third kappa shape index (κ3) is 4.97. The smallest absolute Gasteiger partial charge is 0.309 e. The maximum atomic E-state index is 12.0. The van der Waals surface area contributed by atoms with Gasteiger partial charge in [-0.2, -0.15) is 0 Å². The molecular weight excluding hydrogens is 336 g/mol. The van der Waals surface area contributed by atoms with Crippen LogP contribution in [-0.2, 0) is 28.5 Å². The molecule has 6 nitrogen and oxygen atoms in total. The zero-order valence-corrected chi connectivity index (χ0v) is 15.4. The quantitative estimate of drug-likeness (QED) is 0.355. The second-order valence-corrected chi connectivity index (χ2v) is 8.28. The highest BCUT2D eigenvalue weighted by Gasteiger charge is 2.46. The third-order valence-corrected chi connectivity index (χ3v) is 6.20. The Kier molecular flexibility index (Phi) is 5.79. The molecule has 0 aromatic carbocycles. The Morgan fingerprint density at radius 1 is 0.808 bits per heavy atom. The van der Waals surface area contributed by atoms with Gasteiger partial charge in [0, 0.05) is 6.42 Å². The number of hydrogen-bond donors (Lipinski definition) is 0. The van der Waals surface area contributed by atoms with Gasteiger partial charge in [0.05, 0.1) is 43.5 Å². The highest BCUT2D eigenvalue weighted by Crippen LogP contribution is 2.40. The number of rotatable bonds is 9. The van der Waals surface area contributed by atoms with Gasteiger partial charge in [-0.1, -0.05) is 0 Å². The van der Waals surface area contributed by atoms with Crippen LogP contribution in [-0.4, -0.2) is 49.6 Å². The van der Waals surface area contributed by atoms with Crippen molar-refractivity contribution in [3.63, 3.8) is 0 Å². The number of hydrogen-bond acceptors (Lipinski definition) is 6. The highest BCUT2D eigenvalue weighted by molar-refractivity contribution is 5.72. The zero-order chi connectivity index (χ0) is 17.9. The second-order valence-electron chi connectivity index (χ2n) is 8.28. The third-order valence-electron chi connectivity index (χ3n) is 6.20. The van der Waals surface area contributed by atoms with E-state index in [0.29, 0.717) is 50.0 Å². The van der Waals surface area contributed by atoms with Crippen molar-refractivity contribution in [2.24, 2.45) is 11.8 Å². The highest BCUT2D eigenvalue weighted by atomic mass is 16.6. The molecule has 26 heavy (non-hydrogen) atoms. The van der Waals surface area contributed by atoms with Crippen molar-refractivity contribution >= 4 is 11.9 Å². The van der Waals surface area contributed by atoms with Crippen LogP contribution in [0.1, 0.15) is 64.2 Å². The van der Waals surface area contributed by atoms with Crippen LogP contribution < -0.4 is 0 Å². The van der Waals surface area contributed by atoms with Crippen LogP contribution in [0, 0.1) is 11.8 Å². The van der Waals surface area contributed by atoms with Crippen LogP contribution in [0.25, 0.3) is 0 Å². The van der Waals surface area contributed by atoms with E-state index in [4.69, 9.17) is 18.9 Å². The molecular formula is C20H30O6. The van der Waals surface area contributed by atoms with Crippen LogP contribution in [0.15, 0.2) is 0 Å². The molecule has 0 radical (unpaired) electrons. The monoisotopic (exact) mass is 366 g/mol. The van der Waals surface area contributed by atoms with Gasteiger partial charge in [-0.3, -0.25) is 9.59 Å². The van der Waals surface area contributed by atoms with Crippen LogP contribution in [0.5, 0.6) is 0 Å². The molecule has 0 aromatic heterocycles. The summed E-state index contributed by atoms with van der Waals surface area (Å²) in [6.45, 7) is 0.986. The molecule has 0 aromatic rings. The fourth-order valence-electron chi connectivity index (χ4n) is 4.38. The molecule has 6 unspecified atom stereocenters. The number of carbonyl (C=O) groups is 2. The summed E-state index contributed by atoms with van der Waals surface area (Å²) in [5.41, 5.74) is 0. The van der Waals surface area contributed by atoms with Crippen molar-refractivity contribution in [3.05, 3.63) is 0 Å². The molecule has 0 bridgehead atoms. The standard InChI is InChI=1S/C20H30O6/c21-19(24-12-13-5-7-15-17(10-13)25-15)4-2-1-3-9-23-20(22)14-6-8-16-18(11-14)26-16/h13-18H,1-12H2. The van der Waals surface area contributed by atoms with Gasteiger partial charge < -0.3 is 18.9 Å². The van der Waals surface area contributed by atoms with Crippen molar-refractivity contribution in [2.75, 3.05) is 13.2 Å². The number of epoxide rings is 2. The number of fused-ring (bicyclic) bond motifs is 2. The van der Waals surface area contributed by atoms with Crippen molar-refractivity contribution in [2.45, 2.75) is 88.6 Å². The van der Waals surface area contributed by atoms with E-state index in [-0.39, 0.29) is 17.9 Å². The molecule has 2 aliphatic heterocycles. The molecule has 2 saturated carbocycles. The minimum absolute atomic E-state index is 0.0184. The number of esters is 2. The van der Waals surface area contributed by atoms with Gasteiger partial charge in [0.2, 0.25) is 0 Å². The topological polar surface area (TPSA) is 77.7 Å². The summed E-state index contributed by atoms with van der Waals surface area (Å²) < 4.78 is 21.7. The first-order valence-electron chi connectivity index (χ1n) is 10.3. The summed E-state index contributed by atoms with van der Waals surface area (Å²) in [5.74, 6) is 0.304. The first-order chi connectivity index (χ1) is 12.7. The molecule has 4 rings (SSSR count). The van der Waals surface area contributed by atoms with Crippen LogP contribution >= 0.6 is 0 Å². The molecule has 2 saturated heterocycles. The number of unbranched alkanes of at least 4 members (excludes halogenated alkanes) is 2. The summed E-state index contributed by atoms with van der Waals surface area (Å²) >= 11 is 0. The molecule has 6 atom stereocenters. The Morgan fingerprint density at radius 2 is 1.58 bits per heavy atom. The lowest BCUT2D eigenvalue weighted by Gasteiger charge is -2.18. The van der Waals surface area contributed by atoms with E-state index in [0.717, 1.165) is 57.8 Å². The van der Waals surface area contributed by atoms with E-state index >= 15 is 0 Å².